The number of allylic oxidation sites excluding steroid dienone is 2. The second-order valence-corrected chi connectivity index (χ2v) is 31.1. The minimum Gasteiger partial charge on any atom is -0.367 e. The van der Waals surface area contributed by atoms with Gasteiger partial charge in [0.15, 0.2) is 5.78 Å². The summed E-state index contributed by atoms with van der Waals surface area (Å²) in [7, 11) is 0. The Morgan fingerprint density at radius 1 is 0.577 bits per heavy atom. The van der Waals surface area contributed by atoms with Crippen molar-refractivity contribution in [1.82, 2.24) is 59.8 Å². The summed E-state index contributed by atoms with van der Waals surface area (Å²) in [6, 6.07) is 26.2. The minimum absolute atomic E-state index is 0.0104. The highest BCUT2D eigenvalue weighted by Crippen LogP contribution is 2.39. The molecule has 10 heterocycles. The summed E-state index contributed by atoms with van der Waals surface area (Å²) < 4.78 is 4.49. The van der Waals surface area contributed by atoms with Gasteiger partial charge in [-0.15, -0.1) is 0 Å². The minimum atomic E-state index is -0.198. The Bertz CT molecular complexity index is 5210. The van der Waals surface area contributed by atoms with Crippen molar-refractivity contribution >= 4 is 51.0 Å². The number of benzene rings is 2. The van der Waals surface area contributed by atoms with Crippen molar-refractivity contribution in [2.45, 2.75) is 199 Å². The molecule has 1 aliphatic carbocycles. The number of piperazine rings is 2. The topological polar surface area (TPSA) is 258 Å². The summed E-state index contributed by atoms with van der Waals surface area (Å²) >= 11 is 0. The van der Waals surface area contributed by atoms with Crippen molar-refractivity contribution in [2.75, 3.05) is 62.2 Å². The van der Waals surface area contributed by atoms with Gasteiger partial charge in [-0.1, -0.05) is 40.2 Å². The van der Waals surface area contributed by atoms with E-state index in [4.69, 9.17) is 9.97 Å². The van der Waals surface area contributed by atoms with Crippen molar-refractivity contribution in [2.24, 2.45) is 5.92 Å². The van der Waals surface area contributed by atoms with Crippen LogP contribution in [0, 0.1) is 65.7 Å². The lowest BCUT2D eigenvalue weighted by atomic mass is 9.82. The number of pyridine rings is 5. The molecule has 21 heteroatoms. The van der Waals surface area contributed by atoms with Crippen LogP contribution in [0.3, 0.4) is 0 Å². The lowest BCUT2D eigenvalue weighted by Gasteiger charge is -2.37. The number of Topliss-reactive ketones (excluding diaryl/α,β-unsaturated/α-hetero) is 1. The standard InChI is InChI=1S/C35H46N6O2.C31H38N6O2.C24H29N3O2/c1-8-9-26-16-25(7)38-35(43)30(26)20-37-34(42)29-17-28(18-31-33(29)24(6)21-41(31)23(4)5)27-10-11-32(36-19-27)40-14-12-39(13-15-40)22(2)3;1-6-22(5)37-18-20(3)29-25(30(38)34-17-26-19(2)13-21(4)35-31(26)39)14-24(15-27(29)37)23-7-8-28(33-16-23)36-11-9-32-10-12-36;1-5-18(6-2)27-10-9-20-21(12-17(14-25)13-22(20)27)23(28)8-7-19-15(3)11-16(4)26-24(19)29/h10-11,16-19,21-23H,8-9,12-15,20H2,1-7H3,(H,37,42)(H,38,43);7-8,13-16,18,22,32H,6,9-12,17H2,1-5H3,(H,34,38)(H,35,39);9-13,18,20,22H,5-8H2,1-4H3,(H,26,29)/t;22-;/m.0./s1. The molecule has 0 saturated carbocycles. The van der Waals surface area contributed by atoms with Crippen LogP contribution in [0.15, 0.2) is 141 Å². The third-order valence-electron chi connectivity index (χ3n) is 22.7. The fourth-order valence-corrected chi connectivity index (χ4v) is 16.4. The Morgan fingerprint density at radius 2 is 1.09 bits per heavy atom. The molecular weight excluding hydrogens is 1390 g/mol. The summed E-state index contributed by atoms with van der Waals surface area (Å²) in [6.45, 7) is 41.2. The third kappa shape index (κ3) is 18.4. The van der Waals surface area contributed by atoms with E-state index in [0.29, 0.717) is 57.5 Å². The van der Waals surface area contributed by atoms with Gasteiger partial charge >= 0.3 is 0 Å². The predicted molar refractivity (Wildman–Crippen MR) is 448 cm³/mol. The van der Waals surface area contributed by atoms with Crippen LogP contribution in [0.1, 0.15) is 189 Å². The first-order valence-corrected chi connectivity index (χ1v) is 39.9. The number of hydrogen-bond acceptors (Lipinski definition) is 14. The van der Waals surface area contributed by atoms with E-state index in [1.54, 1.807) is 6.08 Å². The van der Waals surface area contributed by atoms with Crippen LogP contribution in [0.4, 0.5) is 11.6 Å². The number of H-pyrrole nitrogens is 3. The van der Waals surface area contributed by atoms with Gasteiger partial charge in [0, 0.05) is 210 Å². The zero-order valence-electron chi connectivity index (χ0n) is 67.9. The maximum absolute atomic E-state index is 13.9. The number of ketones is 1. The van der Waals surface area contributed by atoms with E-state index >= 15 is 0 Å². The molecule has 0 bridgehead atoms. The van der Waals surface area contributed by atoms with Gasteiger partial charge in [-0.25, -0.2) is 9.97 Å². The normalized spacial score (nSPS) is 16.0. The molecule has 2 fully saturated rings. The van der Waals surface area contributed by atoms with Crippen LogP contribution in [0.2, 0.25) is 0 Å². The number of amides is 2. The van der Waals surface area contributed by atoms with Crippen molar-refractivity contribution in [3.05, 3.63) is 231 Å². The summed E-state index contributed by atoms with van der Waals surface area (Å²) in [6.07, 6.45) is 21.4. The Balaban J connectivity index is 0.000000168. The Labute approximate surface area is 653 Å². The summed E-state index contributed by atoms with van der Waals surface area (Å²) in [5.74, 6) is 1.55. The van der Waals surface area contributed by atoms with E-state index in [9.17, 15) is 34.0 Å². The average molecular weight is 1500 g/mol. The first-order chi connectivity index (χ1) is 53.2. The van der Waals surface area contributed by atoms with Gasteiger partial charge in [0.1, 0.15) is 11.6 Å². The van der Waals surface area contributed by atoms with Crippen LogP contribution in [-0.4, -0.2) is 132 Å². The number of nitrogens with one attached hydrogen (secondary N) is 6. The fourth-order valence-electron chi connectivity index (χ4n) is 16.4. The lowest BCUT2D eigenvalue weighted by molar-refractivity contribution is -0.116. The molecule has 111 heavy (non-hydrogen) atoms. The number of fused-ring (bicyclic) bond motifs is 3. The number of anilines is 2. The summed E-state index contributed by atoms with van der Waals surface area (Å²) in [4.78, 5) is 106. The van der Waals surface area contributed by atoms with E-state index < -0.39 is 0 Å². The van der Waals surface area contributed by atoms with E-state index in [2.05, 4.69) is 203 Å². The van der Waals surface area contributed by atoms with Crippen LogP contribution >= 0.6 is 0 Å². The number of aryl methyl sites for hydroxylation is 8. The van der Waals surface area contributed by atoms with Gasteiger partial charge in [-0.2, -0.15) is 5.26 Å². The first-order valence-electron chi connectivity index (χ1n) is 39.9. The van der Waals surface area contributed by atoms with Gasteiger partial charge in [0.05, 0.1) is 17.7 Å². The molecule has 0 spiro atoms. The second kappa shape index (κ2) is 36.0. The first kappa shape index (κ1) is 81.3. The van der Waals surface area contributed by atoms with Crippen molar-refractivity contribution in [1.29, 1.82) is 5.26 Å². The zero-order chi connectivity index (χ0) is 79.6. The number of nitriles is 1. The molecule has 584 valence electrons. The molecule has 6 N–H and O–H groups in total. The number of carbonyl (C=O) groups is 3. The quantitative estimate of drug-likeness (QED) is 0.0348. The fraction of sp³-hybridized carbons (Fsp3) is 0.433. The van der Waals surface area contributed by atoms with Gasteiger partial charge in [-0.3, -0.25) is 33.7 Å². The number of aromatic nitrogens is 7. The zero-order valence-corrected chi connectivity index (χ0v) is 67.9. The average Bonchev–Trinajstić information content (AvgIpc) is 1.63. The molecule has 13 rings (SSSR count). The van der Waals surface area contributed by atoms with Crippen LogP contribution in [0.5, 0.6) is 0 Å². The molecule has 3 aliphatic heterocycles. The summed E-state index contributed by atoms with van der Waals surface area (Å²) in [5, 5.41) is 20.9. The Morgan fingerprint density at radius 3 is 1.59 bits per heavy atom. The van der Waals surface area contributed by atoms with E-state index in [1.807, 2.05) is 83.4 Å². The molecular formula is C90H113N15O6. The molecule has 21 nitrogen and oxygen atoms in total. The summed E-state index contributed by atoms with van der Waals surface area (Å²) in [5.41, 5.74) is 17.1. The predicted octanol–water partition coefficient (Wildman–Crippen LogP) is 14.5. The maximum atomic E-state index is 13.9. The molecule has 9 aromatic rings. The maximum Gasteiger partial charge on any atom is 0.253 e. The molecule has 2 aromatic carbocycles. The van der Waals surface area contributed by atoms with E-state index in [0.717, 1.165) is 185 Å². The number of hydrogen-bond donors (Lipinski definition) is 6. The molecule has 7 aromatic heterocycles. The van der Waals surface area contributed by atoms with Crippen molar-refractivity contribution in [3.63, 3.8) is 0 Å². The largest absolute Gasteiger partial charge is 0.367 e. The molecule has 2 saturated heterocycles. The Kier molecular flexibility index (Phi) is 26.4. The highest BCUT2D eigenvalue weighted by Gasteiger charge is 2.38. The number of carbonyl (C=O) groups excluding carboxylic acids is 3. The number of rotatable bonds is 23. The lowest BCUT2D eigenvalue weighted by Crippen LogP contribution is -2.49. The highest BCUT2D eigenvalue weighted by atomic mass is 16.2. The van der Waals surface area contributed by atoms with Gasteiger partial charge in [-0.05, 0) is 239 Å². The van der Waals surface area contributed by atoms with Crippen molar-refractivity contribution < 1.29 is 14.4 Å². The van der Waals surface area contributed by atoms with Gasteiger partial charge < -0.3 is 54.7 Å². The van der Waals surface area contributed by atoms with Crippen LogP contribution in [0.25, 0.3) is 44.1 Å². The Hall–Kier alpha value is -10.7. The smallest absolute Gasteiger partial charge is 0.253 e. The van der Waals surface area contributed by atoms with E-state index in [-0.39, 0.29) is 77.8 Å². The molecule has 2 unspecified atom stereocenters. The molecule has 3 atom stereocenters. The van der Waals surface area contributed by atoms with Crippen molar-refractivity contribution in [3.8, 4) is 28.3 Å². The molecule has 4 aliphatic rings. The number of aromatic amines is 3. The SMILES string of the molecule is CCC(CC)N1C=CC2C(C(=O)CCc3c(C)cc(C)[nH]c3=O)=CC(C#N)=CC21.CCCc1cc(C)[nH]c(=O)c1CNC(=O)c1cc(-c2ccc(N3CCN(C(C)C)CC3)nc2)cc2c1c(C)cn2C(C)C.CC[C@H](C)n1cc(C)c2c(C(=O)NCc3c(C)cc(C)[nH]c3=O)cc(-c3ccc(N4CCNCC4)nc3)cc21. The highest BCUT2D eigenvalue weighted by molar-refractivity contribution is 6.11. The monoisotopic (exact) mass is 1500 g/mol. The molecule has 2 amide bonds. The third-order valence-corrected chi connectivity index (χ3v) is 22.7. The molecule has 0 radical (unpaired) electrons. The van der Waals surface area contributed by atoms with Crippen LogP contribution in [-0.2, 0) is 30.7 Å². The van der Waals surface area contributed by atoms with Gasteiger partial charge in [0.25, 0.3) is 28.5 Å². The van der Waals surface area contributed by atoms with Crippen LogP contribution < -0.4 is 42.4 Å². The van der Waals surface area contributed by atoms with E-state index in [1.165, 1.54) is 0 Å². The van der Waals surface area contributed by atoms with Gasteiger partial charge in [0.2, 0.25) is 0 Å². The second-order valence-electron chi connectivity index (χ2n) is 31.1. The number of nitrogens with zero attached hydrogens (tertiary/aromatic N) is 9.